The Bertz CT molecular complexity index is 1120. The average Bonchev–Trinajstić information content (AvgIpc) is 2.80. The van der Waals surface area contributed by atoms with Crippen molar-refractivity contribution in [2.45, 2.75) is 46.1 Å². The van der Waals surface area contributed by atoms with E-state index in [-0.39, 0.29) is 40.1 Å². The zero-order chi connectivity index (χ0) is 23.7. The third kappa shape index (κ3) is 4.47. The van der Waals surface area contributed by atoms with Gasteiger partial charge in [0.2, 0.25) is 0 Å². The molecule has 0 aliphatic heterocycles. The van der Waals surface area contributed by atoms with Crippen molar-refractivity contribution in [1.82, 2.24) is 0 Å². The summed E-state index contributed by atoms with van der Waals surface area (Å²) in [5.74, 6) is -1.02. The van der Waals surface area contributed by atoms with Gasteiger partial charge >= 0.3 is 11.9 Å². The highest BCUT2D eigenvalue weighted by molar-refractivity contribution is 6.30. The topological polar surface area (TPSA) is 86.7 Å². The minimum Gasteiger partial charge on any atom is -0.460 e. The van der Waals surface area contributed by atoms with Crippen molar-refractivity contribution in [2.75, 3.05) is 6.61 Å². The van der Waals surface area contributed by atoms with E-state index in [2.05, 4.69) is 20.8 Å². The predicted octanol–water partition coefficient (Wildman–Crippen LogP) is 4.62. The van der Waals surface area contributed by atoms with Crippen molar-refractivity contribution < 1.29 is 28.7 Å². The van der Waals surface area contributed by atoms with Crippen LogP contribution in [0.4, 0.5) is 0 Å². The van der Waals surface area contributed by atoms with Crippen LogP contribution in [0.1, 0.15) is 82.2 Å². The second kappa shape index (κ2) is 9.30. The number of benzene rings is 2. The van der Waals surface area contributed by atoms with E-state index in [1.54, 1.807) is 24.3 Å². The van der Waals surface area contributed by atoms with Gasteiger partial charge in [-0.1, -0.05) is 63.6 Å². The van der Waals surface area contributed by atoms with Crippen LogP contribution in [0.5, 0.6) is 0 Å². The van der Waals surface area contributed by atoms with Crippen LogP contribution in [0.2, 0.25) is 0 Å². The van der Waals surface area contributed by atoms with Crippen molar-refractivity contribution in [3.05, 3.63) is 70.3 Å². The smallest absolute Gasteiger partial charge is 0.344 e. The van der Waals surface area contributed by atoms with Crippen molar-refractivity contribution in [3.8, 4) is 0 Å². The Morgan fingerprint density at radius 1 is 0.939 bits per heavy atom. The number of esters is 2. The van der Waals surface area contributed by atoms with E-state index < -0.39 is 24.3 Å². The van der Waals surface area contributed by atoms with Gasteiger partial charge in [0.25, 0.3) is 0 Å². The maximum Gasteiger partial charge on any atom is 0.344 e. The van der Waals surface area contributed by atoms with E-state index >= 15 is 0 Å². The Labute approximate surface area is 193 Å². The first-order valence-corrected chi connectivity index (χ1v) is 11.5. The first kappa shape index (κ1) is 22.9. The summed E-state index contributed by atoms with van der Waals surface area (Å²) in [7, 11) is 0. The predicted molar refractivity (Wildman–Crippen MR) is 121 cm³/mol. The standard InChI is InChI=1S/C27H28O6/c1-15(2)17-12-11-16(3)13-22(17)33-23(28)14-32-27(31)21-10-6-9-20-24(21)26(30)19-8-5-4-7-18(19)25(20)29/h4-10,15-17,22H,11-14H2,1-3H3/t16-,17-,22+/m1/s1. The van der Waals surface area contributed by atoms with Crippen LogP contribution >= 0.6 is 0 Å². The largest absolute Gasteiger partial charge is 0.460 e. The summed E-state index contributed by atoms with van der Waals surface area (Å²) in [4.78, 5) is 51.2. The second-order valence-corrected chi connectivity index (χ2v) is 9.36. The van der Waals surface area contributed by atoms with Crippen molar-refractivity contribution in [3.63, 3.8) is 0 Å². The molecule has 0 bridgehead atoms. The molecule has 4 rings (SSSR count). The monoisotopic (exact) mass is 448 g/mol. The molecule has 33 heavy (non-hydrogen) atoms. The SMILES string of the molecule is CC(C)[C@H]1CC[C@@H](C)C[C@@H]1OC(=O)COC(=O)c1cccc2c1C(=O)c1ccccc1C2=O. The lowest BCUT2D eigenvalue weighted by molar-refractivity contribution is -0.159. The Balaban J connectivity index is 1.47. The van der Waals surface area contributed by atoms with Crippen LogP contribution in [0, 0.1) is 17.8 Å². The molecule has 2 aliphatic carbocycles. The van der Waals surface area contributed by atoms with Crippen LogP contribution in [0.3, 0.4) is 0 Å². The van der Waals surface area contributed by atoms with Gasteiger partial charge in [0.05, 0.1) is 5.56 Å². The van der Waals surface area contributed by atoms with Gasteiger partial charge in [0.15, 0.2) is 18.2 Å². The molecule has 0 N–H and O–H groups in total. The van der Waals surface area contributed by atoms with Gasteiger partial charge < -0.3 is 9.47 Å². The molecule has 0 unspecified atom stereocenters. The lowest BCUT2D eigenvalue weighted by Crippen LogP contribution is -2.36. The summed E-state index contributed by atoms with van der Waals surface area (Å²) in [5.41, 5.74) is 0.707. The fraction of sp³-hybridized carbons (Fsp3) is 0.407. The van der Waals surface area contributed by atoms with E-state index in [0.29, 0.717) is 17.4 Å². The van der Waals surface area contributed by atoms with E-state index in [4.69, 9.17) is 9.47 Å². The molecule has 0 radical (unpaired) electrons. The normalized spacial score (nSPS) is 21.9. The number of hydrogen-bond donors (Lipinski definition) is 0. The van der Waals surface area contributed by atoms with E-state index in [1.165, 1.54) is 18.2 Å². The molecule has 6 heteroatoms. The number of ketones is 2. The lowest BCUT2D eigenvalue weighted by Gasteiger charge is -2.36. The number of fused-ring (bicyclic) bond motifs is 2. The van der Waals surface area contributed by atoms with Crippen LogP contribution in [0.25, 0.3) is 0 Å². The number of rotatable bonds is 5. The highest BCUT2D eigenvalue weighted by Gasteiger charge is 2.35. The van der Waals surface area contributed by atoms with Crippen LogP contribution in [0.15, 0.2) is 42.5 Å². The maximum atomic E-state index is 13.1. The molecule has 0 aromatic heterocycles. The summed E-state index contributed by atoms with van der Waals surface area (Å²) >= 11 is 0. The average molecular weight is 449 g/mol. The first-order chi connectivity index (χ1) is 15.8. The number of ether oxygens (including phenoxy) is 2. The lowest BCUT2D eigenvalue weighted by atomic mass is 9.75. The number of carbonyl (C=O) groups is 4. The van der Waals surface area contributed by atoms with E-state index in [0.717, 1.165) is 19.3 Å². The molecule has 0 heterocycles. The summed E-state index contributed by atoms with van der Waals surface area (Å²) in [6, 6.07) is 11.0. The van der Waals surface area contributed by atoms with Crippen LogP contribution < -0.4 is 0 Å². The molecule has 1 saturated carbocycles. The molecule has 2 aliphatic rings. The number of carbonyl (C=O) groups excluding carboxylic acids is 4. The van der Waals surface area contributed by atoms with Gasteiger partial charge in [0.1, 0.15) is 6.10 Å². The molecule has 172 valence electrons. The Morgan fingerprint density at radius 2 is 1.61 bits per heavy atom. The molecular weight excluding hydrogens is 420 g/mol. The third-order valence-electron chi connectivity index (χ3n) is 6.74. The van der Waals surface area contributed by atoms with Gasteiger partial charge in [-0.05, 0) is 36.7 Å². The summed E-state index contributed by atoms with van der Waals surface area (Å²) < 4.78 is 10.9. The van der Waals surface area contributed by atoms with Gasteiger partial charge in [-0.2, -0.15) is 0 Å². The van der Waals surface area contributed by atoms with Gasteiger partial charge in [-0.25, -0.2) is 9.59 Å². The van der Waals surface area contributed by atoms with Crippen molar-refractivity contribution in [2.24, 2.45) is 17.8 Å². The van der Waals surface area contributed by atoms with Gasteiger partial charge in [-0.3, -0.25) is 9.59 Å². The van der Waals surface area contributed by atoms with Gasteiger partial charge in [0, 0.05) is 22.3 Å². The molecule has 6 nitrogen and oxygen atoms in total. The Morgan fingerprint density at radius 3 is 2.30 bits per heavy atom. The highest BCUT2D eigenvalue weighted by Crippen LogP contribution is 2.35. The first-order valence-electron chi connectivity index (χ1n) is 11.5. The summed E-state index contributed by atoms with van der Waals surface area (Å²) in [5, 5.41) is 0. The van der Waals surface area contributed by atoms with E-state index in [9.17, 15) is 19.2 Å². The molecule has 2 aromatic carbocycles. The zero-order valence-corrected chi connectivity index (χ0v) is 19.1. The third-order valence-corrected chi connectivity index (χ3v) is 6.74. The van der Waals surface area contributed by atoms with Crippen LogP contribution in [-0.4, -0.2) is 36.2 Å². The molecule has 1 fully saturated rings. The minimum atomic E-state index is -0.832. The fourth-order valence-corrected chi connectivity index (χ4v) is 4.97. The molecule has 3 atom stereocenters. The molecule has 0 saturated heterocycles. The second-order valence-electron chi connectivity index (χ2n) is 9.36. The van der Waals surface area contributed by atoms with Crippen molar-refractivity contribution >= 4 is 23.5 Å². The summed E-state index contributed by atoms with van der Waals surface area (Å²) in [6.07, 6.45) is 2.72. The fourth-order valence-electron chi connectivity index (χ4n) is 4.97. The van der Waals surface area contributed by atoms with Gasteiger partial charge in [-0.15, -0.1) is 0 Å². The molecule has 0 spiro atoms. The Hall–Kier alpha value is -3.28. The molecule has 0 amide bonds. The highest BCUT2D eigenvalue weighted by atomic mass is 16.6. The maximum absolute atomic E-state index is 13.1. The van der Waals surface area contributed by atoms with E-state index in [1.807, 2.05) is 0 Å². The van der Waals surface area contributed by atoms with Crippen molar-refractivity contribution in [1.29, 1.82) is 0 Å². The van der Waals surface area contributed by atoms with Crippen LogP contribution in [-0.2, 0) is 14.3 Å². The molecular formula is C27H28O6. The number of hydrogen-bond acceptors (Lipinski definition) is 6. The molecule has 2 aromatic rings. The zero-order valence-electron chi connectivity index (χ0n) is 19.1. The summed E-state index contributed by atoms with van der Waals surface area (Å²) in [6.45, 7) is 5.84. The minimum absolute atomic E-state index is 0.0144. The quantitative estimate of drug-likeness (QED) is 0.529. The Kier molecular flexibility index (Phi) is 6.45.